The van der Waals surface area contributed by atoms with E-state index in [4.69, 9.17) is 9.47 Å². The van der Waals surface area contributed by atoms with Crippen LogP contribution in [0.25, 0.3) is 10.4 Å². The molecule has 0 bridgehead atoms. The van der Waals surface area contributed by atoms with Crippen LogP contribution >= 0.6 is 11.3 Å². The number of thiophene rings is 1. The average molecular weight is 345 g/mol. The van der Waals surface area contributed by atoms with Gasteiger partial charge >= 0.3 is 5.97 Å². The lowest BCUT2D eigenvalue weighted by Gasteiger charge is -2.16. The molecule has 1 amide bonds. The Hall–Kier alpha value is -2.34. The molecule has 1 N–H and O–H groups in total. The summed E-state index contributed by atoms with van der Waals surface area (Å²) in [5.41, 5.74) is 1.95. The van der Waals surface area contributed by atoms with E-state index in [9.17, 15) is 9.59 Å². The van der Waals surface area contributed by atoms with Crippen molar-refractivity contribution in [2.75, 3.05) is 13.2 Å². The molecule has 3 rings (SSSR count). The molecule has 0 spiro atoms. The molecule has 5 nitrogen and oxygen atoms in total. The van der Waals surface area contributed by atoms with Gasteiger partial charge in [-0.05, 0) is 24.1 Å². The Bertz CT molecular complexity index is 766. The minimum Gasteiger partial charge on any atom is -0.488 e. The van der Waals surface area contributed by atoms with Gasteiger partial charge in [0.15, 0.2) is 6.61 Å². The predicted octanol–water partition coefficient (Wildman–Crippen LogP) is 3.24. The molecule has 1 aliphatic heterocycles. The van der Waals surface area contributed by atoms with Crippen molar-refractivity contribution in [1.82, 2.24) is 5.32 Å². The molecule has 24 heavy (non-hydrogen) atoms. The van der Waals surface area contributed by atoms with Crippen LogP contribution in [-0.2, 0) is 16.1 Å². The van der Waals surface area contributed by atoms with Crippen molar-refractivity contribution in [3.05, 3.63) is 40.8 Å². The first-order valence-electron chi connectivity index (χ1n) is 7.83. The number of esters is 1. The Kier molecular flexibility index (Phi) is 4.85. The summed E-state index contributed by atoms with van der Waals surface area (Å²) in [6, 6.07) is 9.52. The van der Waals surface area contributed by atoms with Gasteiger partial charge in [0, 0.05) is 22.5 Å². The van der Waals surface area contributed by atoms with Gasteiger partial charge in [0.1, 0.15) is 17.2 Å². The molecule has 2 aromatic rings. The van der Waals surface area contributed by atoms with E-state index < -0.39 is 5.97 Å². The second kappa shape index (κ2) is 7.05. The minimum absolute atomic E-state index is 0.263. The summed E-state index contributed by atoms with van der Waals surface area (Å²) >= 11 is 1.37. The van der Waals surface area contributed by atoms with E-state index >= 15 is 0 Å². The molecule has 6 heteroatoms. The summed E-state index contributed by atoms with van der Waals surface area (Å²) in [5.74, 6) is 0.409. The zero-order valence-corrected chi connectivity index (χ0v) is 14.4. The van der Waals surface area contributed by atoms with E-state index in [1.807, 2.05) is 38.1 Å². The zero-order valence-electron chi connectivity index (χ0n) is 13.6. The third-order valence-corrected chi connectivity index (χ3v) is 4.76. The van der Waals surface area contributed by atoms with E-state index in [0.717, 1.165) is 21.8 Å². The number of carbonyl (C=O) groups excluding carboxylic acids is 2. The summed E-state index contributed by atoms with van der Waals surface area (Å²) < 4.78 is 10.8. The zero-order chi connectivity index (χ0) is 17.1. The molecule has 126 valence electrons. The van der Waals surface area contributed by atoms with Crippen LogP contribution in [-0.4, -0.2) is 25.0 Å². The van der Waals surface area contributed by atoms with Crippen molar-refractivity contribution in [3.8, 4) is 16.2 Å². The Morgan fingerprint density at radius 2 is 2.12 bits per heavy atom. The fourth-order valence-corrected chi connectivity index (χ4v) is 3.46. The number of rotatable bonds is 5. The number of hydrogen-bond acceptors (Lipinski definition) is 5. The normalized spacial score (nSPS) is 12.1. The van der Waals surface area contributed by atoms with Gasteiger partial charge in [-0.25, -0.2) is 4.79 Å². The van der Waals surface area contributed by atoms with Crippen LogP contribution in [0.4, 0.5) is 0 Å². The maximum absolute atomic E-state index is 12.2. The quantitative estimate of drug-likeness (QED) is 0.845. The van der Waals surface area contributed by atoms with Crippen LogP contribution in [0.2, 0.25) is 0 Å². The first-order valence-corrected chi connectivity index (χ1v) is 8.65. The van der Waals surface area contributed by atoms with Crippen molar-refractivity contribution < 1.29 is 19.1 Å². The number of hydrogen-bond donors (Lipinski definition) is 1. The van der Waals surface area contributed by atoms with Crippen molar-refractivity contribution >= 4 is 23.2 Å². The lowest BCUT2D eigenvalue weighted by Crippen LogP contribution is -2.31. The van der Waals surface area contributed by atoms with Gasteiger partial charge in [0.2, 0.25) is 0 Å². The molecule has 1 aromatic heterocycles. The van der Waals surface area contributed by atoms with Gasteiger partial charge < -0.3 is 14.8 Å². The number of para-hydroxylation sites is 1. The van der Waals surface area contributed by atoms with Crippen molar-refractivity contribution in [3.63, 3.8) is 0 Å². The summed E-state index contributed by atoms with van der Waals surface area (Å²) in [4.78, 5) is 25.3. The number of nitrogens with one attached hydrogen (secondary N) is 1. The molecule has 2 heterocycles. The Morgan fingerprint density at radius 3 is 2.92 bits per heavy atom. The average Bonchev–Trinajstić information content (AvgIpc) is 3.02. The molecule has 0 aliphatic carbocycles. The number of ether oxygens (including phenoxy) is 2. The van der Waals surface area contributed by atoms with Gasteiger partial charge in [0.25, 0.3) is 5.91 Å². The first-order chi connectivity index (χ1) is 11.5. The molecular weight excluding hydrogens is 326 g/mol. The van der Waals surface area contributed by atoms with Gasteiger partial charge in [-0.1, -0.05) is 26.0 Å². The largest absolute Gasteiger partial charge is 0.488 e. The standard InChI is InChI=1S/C18H19NO4S/c1-11(2)8-19-16(20)10-23-18(21)15-7-12-9-22-14-6-4-3-5-13(14)17(12)24-15/h3-7,11H,8-10H2,1-2H3,(H,19,20). The van der Waals surface area contributed by atoms with Gasteiger partial charge in [-0.15, -0.1) is 11.3 Å². The number of fused-ring (bicyclic) bond motifs is 3. The highest BCUT2D eigenvalue weighted by molar-refractivity contribution is 7.17. The minimum atomic E-state index is -0.480. The summed E-state index contributed by atoms with van der Waals surface area (Å²) in [6.07, 6.45) is 0. The monoisotopic (exact) mass is 345 g/mol. The number of carbonyl (C=O) groups is 2. The van der Waals surface area contributed by atoms with E-state index in [1.165, 1.54) is 11.3 Å². The molecular formula is C18H19NO4S. The summed E-state index contributed by atoms with van der Waals surface area (Å²) in [7, 11) is 0. The molecule has 0 radical (unpaired) electrons. The SMILES string of the molecule is CC(C)CNC(=O)COC(=O)c1cc2c(s1)-c1ccccc1OC2. The maximum Gasteiger partial charge on any atom is 0.348 e. The van der Waals surface area contributed by atoms with Gasteiger partial charge in [-0.3, -0.25) is 4.79 Å². The lowest BCUT2D eigenvalue weighted by atomic mass is 10.1. The maximum atomic E-state index is 12.2. The van der Waals surface area contributed by atoms with Gasteiger partial charge in [0.05, 0.1) is 0 Å². The molecule has 1 aliphatic rings. The molecule has 0 atom stereocenters. The van der Waals surface area contributed by atoms with Crippen LogP contribution in [0.5, 0.6) is 5.75 Å². The third-order valence-electron chi connectivity index (χ3n) is 3.57. The first kappa shape index (κ1) is 16.5. The van der Waals surface area contributed by atoms with Crippen LogP contribution < -0.4 is 10.1 Å². The van der Waals surface area contributed by atoms with E-state index in [2.05, 4.69) is 5.32 Å². The highest BCUT2D eigenvalue weighted by Crippen LogP contribution is 2.42. The van der Waals surface area contributed by atoms with Crippen LogP contribution in [0, 0.1) is 5.92 Å². The molecule has 0 saturated carbocycles. The molecule has 0 saturated heterocycles. The third kappa shape index (κ3) is 3.59. The topological polar surface area (TPSA) is 64.6 Å². The Morgan fingerprint density at radius 1 is 1.33 bits per heavy atom. The van der Waals surface area contributed by atoms with Crippen molar-refractivity contribution in [2.24, 2.45) is 5.92 Å². The number of amides is 1. The molecule has 0 unspecified atom stereocenters. The predicted molar refractivity (Wildman–Crippen MR) is 92.2 cm³/mol. The van der Waals surface area contributed by atoms with Crippen molar-refractivity contribution in [1.29, 1.82) is 0 Å². The van der Waals surface area contributed by atoms with E-state index in [-0.39, 0.29) is 12.5 Å². The molecule has 1 aromatic carbocycles. The Balaban J connectivity index is 1.66. The molecule has 0 fully saturated rings. The van der Waals surface area contributed by atoms with Crippen LogP contribution in [0.1, 0.15) is 29.1 Å². The summed E-state index contributed by atoms with van der Waals surface area (Å²) in [5, 5.41) is 2.72. The van der Waals surface area contributed by atoms with Gasteiger partial charge in [-0.2, -0.15) is 0 Å². The Labute approximate surface area is 144 Å². The fraction of sp³-hybridized carbons (Fsp3) is 0.333. The van der Waals surface area contributed by atoms with Crippen LogP contribution in [0.15, 0.2) is 30.3 Å². The second-order valence-corrected chi connectivity index (χ2v) is 7.08. The highest BCUT2D eigenvalue weighted by Gasteiger charge is 2.23. The van der Waals surface area contributed by atoms with E-state index in [1.54, 1.807) is 6.07 Å². The fourth-order valence-electron chi connectivity index (χ4n) is 2.37. The smallest absolute Gasteiger partial charge is 0.348 e. The second-order valence-electron chi connectivity index (χ2n) is 6.02. The summed E-state index contributed by atoms with van der Waals surface area (Å²) in [6.45, 7) is 4.74. The van der Waals surface area contributed by atoms with Crippen LogP contribution in [0.3, 0.4) is 0 Å². The van der Waals surface area contributed by atoms with E-state index in [0.29, 0.717) is 23.9 Å². The van der Waals surface area contributed by atoms with Crippen molar-refractivity contribution in [2.45, 2.75) is 20.5 Å². The highest BCUT2D eigenvalue weighted by atomic mass is 32.1. The lowest BCUT2D eigenvalue weighted by molar-refractivity contribution is -0.124. The number of benzene rings is 1.